The maximum Gasteiger partial charge on any atom is 0.323 e. The van der Waals surface area contributed by atoms with Crippen molar-refractivity contribution in [3.8, 4) is 0 Å². The number of carboxylic acids is 1. The largest absolute Gasteiger partial charge is 0.481 e. The van der Waals surface area contributed by atoms with Gasteiger partial charge in [0.2, 0.25) is 0 Å². The molecule has 100 valence electrons. The number of aliphatic carboxylic acids is 1. The number of carbonyl (C=O) groups is 2. The van der Waals surface area contributed by atoms with Gasteiger partial charge in [-0.25, -0.2) is 9.78 Å². The predicted molar refractivity (Wildman–Crippen MR) is 72.9 cm³/mol. The molecule has 1 aromatic heterocycles. The number of nitrogens with one attached hydrogen (secondary N) is 1. The minimum absolute atomic E-state index is 0.171. The van der Waals surface area contributed by atoms with Gasteiger partial charge in [-0.1, -0.05) is 18.3 Å². The first kappa shape index (κ1) is 14.9. The van der Waals surface area contributed by atoms with E-state index in [0.29, 0.717) is 11.7 Å². The molecule has 0 aromatic carbocycles. The monoisotopic (exact) mass is 335 g/mol. The summed E-state index contributed by atoms with van der Waals surface area (Å²) in [4.78, 5) is 28.1. The summed E-state index contributed by atoms with van der Waals surface area (Å²) >= 11 is 4.55. The molecule has 1 heterocycles. The van der Waals surface area contributed by atoms with Gasteiger partial charge in [0.25, 0.3) is 0 Å². The third-order valence-electron chi connectivity index (χ3n) is 2.28. The fourth-order valence-electron chi connectivity index (χ4n) is 1.25. The van der Waals surface area contributed by atoms with Crippen molar-refractivity contribution in [3.05, 3.63) is 9.98 Å². The lowest BCUT2D eigenvalue weighted by Gasteiger charge is -2.22. The van der Waals surface area contributed by atoms with Crippen LogP contribution in [0.2, 0.25) is 0 Å². The first-order valence-electron chi connectivity index (χ1n) is 5.34. The Bertz CT molecular complexity index is 438. The van der Waals surface area contributed by atoms with Crippen LogP contribution in [-0.4, -0.2) is 40.1 Å². The fourth-order valence-corrected chi connectivity index (χ4v) is 2.34. The van der Waals surface area contributed by atoms with Crippen molar-refractivity contribution in [1.29, 1.82) is 0 Å². The van der Waals surface area contributed by atoms with Crippen molar-refractivity contribution >= 4 is 44.4 Å². The average molecular weight is 336 g/mol. The highest BCUT2D eigenvalue weighted by Crippen LogP contribution is 2.23. The number of anilines is 1. The number of hydrogen-bond acceptors (Lipinski definition) is 4. The summed E-state index contributed by atoms with van der Waals surface area (Å²) in [5.41, 5.74) is 0. The number of halogens is 1. The van der Waals surface area contributed by atoms with Gasteiger partial charge in [0.05, 0.1) is 15.9 Å². The molecule has 2 amide bonds. The number of hydrogen-bond donors (Lipinski definition) is 2. The number of amides is 2. The summed E-state index contributed by atoms with van der Waals surface area (Å²) in [6.07, 6.45) is 1.59. The van der Waals surface area contributed by atoms with Gasteiger partial charge in [-0.15, -0.1) is 0 Å². The highest BCUT2D eigenvalue weighted by molar-refractivity contribution is 9.11. The Morgan fingerprint density at radius 1 is 1.67 bits per heavy atom. The van der Waals surface area contributed by atoms with E-state index in [1.807, 2.05) is 0 Å². The third-order valence-corrected chi connectivity index (χ3v) is 3.67. The van der Waals surface area contributed by atoms with Gasteiger partial charge >= 0.3 is 12.0 Å². The van der Waals surface area contributed by atoms with Gasteiger partial charge in [0.15, 0.2) is 5.13 Å². The summed E-state index contributed by atoms with van der Waals surface area (Å²) < 4.78 is 0.819. The zero-order valence-corrected chi connectivity index (χ0v) is 12.4. The Balaban J connectivity index is 2.59. The lowest BCUT2D eigenvalue weighted by Crippen LogP contribution is -2.39. The quantitative estimate of drug-likeness (QED) is 0.865. The highest BCUT2D eigenvalue weighted by Gasteiger charge is 2.19. The van der Waals surface area contributed by atoms with E-state index in [0.717, 1.165) is 3.79 Å². The lowest BCUT2D eigenvalue weighted by molar-refractivity contribution is -0.141. The Kier molecular flexibility index (Phi) is 5.54. The molecule has 0 saturated carbocycles. The maximum atomic E-state index is 11.9. The van der Waals surface area contributed by atoms with Crippen molar-refractivity contribution in [2.45, 2.75) is 13.8 Å². The molecule has 1 aromatic rings. The van der Waals surface area contributed by atoms with Crippen molar-refractivity contribution in [3.63, 3.8) is 0 Å². The molecule has 8 heteroatoms. The summed E-state index contributed by atoms with van der Waals surface area (Å²) in [5, 5.41) is 11.9. The second-order valence-electron chi connectivity index (χ2n) is 3.68. The van der Waals surface area contributed by atoms with Crippen LogP contribution < -0.4 is 5.32 Å². The molecule has 6 nitrogen and oxygen atoms in total. The predicted octanol–water partition coefficient (Wildman–Crippen LogP) is 2.48. The number of aromatic nitrogens is 1. The number of nitrogens with zero attached hydrogens (tertiary/aromatic N) is 2. The first-order chi connectivity index (χ1) is 8.43. The second kappa shape index (κ2) is 6.69. The van der Waals surface area contributed by atoms with Crippen molar-refractivity contribution < 1.29 is 14.7 Å². The van der Waals surface area contributed by atoms with E-state index in [9.17, 15) is 9.59 Å². The van der Waals surface area contributed by atoms with Crippen molar-refractivity contribution in [2.75, 3.05) is 18.4 Å². The average Bonchev–Trinajstić information content (AvgIpc) is 2.70. The minimum atomic E-state index is -0.918. The van der Waals surface area contributed by atoms with Crippen molar-refractivity contribution in [1.82, 2.24) is 9.88 Å². The highest BCUT2D eigenvalue weighted by atomic mass is 79.9. The second-order valence-corrected chi connectivity index (χ2v) is 6.09. The molecule has 0 aliphatic heterocycles. The van der Waals surface area contributed by atoms with Gasteiger partial charge in [-0.2, -0.15) is 0 Å². The normalized spacial score (nSPS) is 11.9. The molecule has 18 heavy (non-hydrogen) atoms. The zero-order chi connectivity index (χ0) is 13.7. The molecule has 0 radical (unpaired) electrons. The number of thiazole rings is 1. The van der Waals surface area contributed by atoms with E-state index in [2.05, 4.69) is 26.2 Å². The van der Waals surface area contributed by atoms with Crippen LogP contribution in [0.3, 0.4) is 0 Å². The van der Waals surface area contributed by atoms with Gasteiger partial charge in [-0.3, -0.25) is 10.1 Å². The van der Waals surface area contributed by atoms with Crippen LogP contribution in [-0.2, 0) is 4.79 Å². The first-order valence-corrected chi connectivity index (χ1v) is 6.95. The topological polar surface area (TPSA) is 82.5 Å². The Hall–Kier alpha value is -1.15. The molecule has 1 rings (SSSR count). The molecule has 0 aliphatic rings. The van der Waals surface area contributed by atoms with Crippen LogP contribution in [0.25, 0.3) is 0 Å². The standard InChI is InChI=1S/C10H14BrN3O3S/c1-3-14(5-6(2)8(15)16)10(17)13-9-12-4-7(11)18-9/h4,6H,3,5H2,1-2H3,(H,15,16)(H,12,13,17). The van der Waals surface area contributed by atoms with Crippen LogP contribution in [0.5, 0.6) is 0 Å². The molecule has 0 bridgehead atoms. The van der Waals surface area contributed by atoms with E-state index < -0.39 is 11.9 Å². The van der Waals surface area contributed by atoms with Crippen LogP contribution in [0.15, 0.2) is 9.98 Å². The van der Waals surface area contributed by atoms with Gasteiger partial charge in [-0.05, 0) is 22.9 Å². The fraction of sp³-hybridized carbons (Fsp3) is 0.500. The van der Waals surface area contributed by atoms with Crippen LogP contribution in [0.4, 0.5) is 9.93 Å². The summed E-state index contributed by atoms with van der Waals surface area (Å²) in [6.45, 7) is 3.98. The zero-order valence-electron chi connectivity index (χ0n) is 10.0. The van der Waals surface area contributed by atoms with E-state index in [1.165, 1.54) is 16.2 Å². The molecule has 1 atom stereocenters. The summed E-state index contributed by atoms with van der Waals surface area (Å²) in [5.74, 6) is -1.52. The van der Waals surface area contributed by atoms with Gasteiger partial charge in [0.1, 0.15) is 0 Å². The maximum absolute atomic E-state index is 11.9. The molecular formula is C10H14BrN3O3S. The van der Waals surface area contributed by atoms with Crippen LogP contribution in [0, 0.1) is 5.92 Å². The Labute approximate surface area is 117 Å². The van der Waals surface area contributed by atoms with E-state index in [4.69, 9.17) is 5.11 Å². The third kappa shape index (κ3) is 4.26. The minimum Gasteiger partial charge on any atom is -0.481 e. The SMILES string of the molecule is CCN(CC(C)C(=O)O)C(=O)Nc1ncc(Br)s1. The lowest BCUT2D eigenvalue weighted by atomic mass is 10.2. The number of urea groups is 1. The van der Waals surface area contributed by atoms with E-state index >= 15 is 0 Å². The van der Waals surface area contributed by atoms with Gasteiger partial charge < -0.3 is 10.0 Å². The summed E-state index contributed by atoms with van der Waals surface area (Å²) in [7, 11) is 0. The van der Waals surface area contributed by atoms with Gasteiger partial charge in [0, 0.05) is 13.1 Å². The molecule has 0 spiro atoms. The Morgan fingerprint density at radius 2 is 2.33 bits per heavy atom. The van der Waals surface area contributed by atoms with E-state index in [1.54, 1.807) is 20.0 Å². The number of carboxylic acid groups (broad SMARTS) is 1. The number of rotatable bonds is 5. The number of carbonyl (C=O) groups excluding carboxylic acids is 1. The molecule has 0 fully saturated rings. The smallest absolute Gasteiger partial charge is 0.323 e. The molecular weight excluding hydrogens is 322 g/mol. The summed E-state index contributed by atoms with van der Waals surface area (Å²) in [6, 6.07) is -0.340. The molecule has 1 unspecified atom stereocenters. The van der Waals surface area contributed by atoms with Crippen molar-refractivity contribution in [2.24, 2.45) is 5.92 Å². The molecule has 0 saturated heterocycles. The van der Waals surface area contributed by atoms with E-state index in [-0.39, 0.29) is 12.6 Å². The molecule has 2 N–H and O–H groups in total. The van der Waals surface area contributed by atoms with Crippen LogP contribution in [0.1, 0.15) is 13.8 Å². The Morgan fingerprint density at radius 3 is 2.78 bits per heavy atom. The van der Waals surface area contributed by atoms with Crippen LogP contribution >= 0.6 is 27.3 Å². The molecule has 0 aliphatic carbocycles.